The van der Waals surface area contributed by atoms with Gasteiger partial charge in [0.15, 0.2) is 0 Å². The van der Waals surface area contributed by atoms with Crippen LogP contribution in [0.5, 0.6) is 0 Å². The number of halogens is 1. The summed E-state index contributed by atoms with van der Waals surface area (Å²) in [6.07, 6.45) is 1.53. The van der Waals surface area contributed by atoms with E-state index in [9.17, 15) is 4.39 Å². The lowest BCUT2D eigenvalue weighted by Gasteiger charge is -2.11. The van der Waals surface area contributed by atoms with Gasteiger partial charge in [-0.25, -0.2) is 4.39 Å². The van der Waals surface area contributed by atoms with E-state index in [0.717, 1.165) is 5.56 Å². The predicted octanol–water partition coefficient (Wildman–Crippen LogP) is 1.77. The monoisotopic (exact) mass is 195 g/mol. The Morgan fingerprint density at radius 2 is 2.21 bits per heavy atom. The van der Waals surface area contributed by atoms with E-state index in [2.05, 4.69) is 12.0 Å². The highest BCUT2D eigenvalue weighted by Crippen LogP contribution is 2.24. The summed E-state index contributed by atoms with van der Waals surface area (Å²) in [4.78, 5) is 0. The molecule has 0 aromatic heterocycles. The minimum Gasteiger partial charge on any atom is -0.324 e. The van der Waals surface area contributed by atoms with Crippen molar-refractivity contribution in [3.8, 4) is 0 Å². The van der Waals surface area contributed by atoms with Crippen LogP contribution < -0.4 is 17.0 Å². The van der Waals surface area contributed by atoms with E-state index >= 15 is 0 Å². The van der Waals surface area contributed by atoms with Gasteiger partial charge in [0.25, 0.3) is 0 Å². The third-order valence-corrected chi connectivity index (χ3v) is 2.03. The molecule has 5 N–H and O–H groups in total. The summed E-state index contributed by atoms with van der Waals surface area (Å²) in [7, 11) is 0. The molecule has 0 fully saturated rings. The van der Waals surface area contributed by atoms with Crippen molar-refractivity contribution < 1.29 is 4.39 Å². The zero-order chi connectivity index (χ0) is 10.7. The van der Waals surface area contributed by atoms with Crippen LogP contribution in [0.4, 0.5) is 10.1 Å². The highest BCUT2D eigenvalue weighted by atomic mass is 19.1. The molecule has 0 bridgehead atoms. The molecule has 76 valence electrons. The number of benzene rings is 1. The van der Waals surface area contributed by atoms with E-state index in [0.29, 0.717) is 5.56 Å². The second-order valence-corrected chi connectivity index (χ2v) is 3.10. The fourth-order valence-corrected chi connectivity index (χ4v) is 1.23. The molecule has 0 spiro atoms. The first kappa shape index (κ1) is 10.7. The maximum Gasteiger partial charge on any atom is 0.148 e. The molecule has 1 atom stereocenters. The summed E-state index contributed by atoms with van der Waals surface area (Å²) in [6, 6.07) is 2.91. The van der Waals surface area contributed by atoms with Crippen molar-refractivity contribution >= 4 is 11.8 Å². The van der Waals surface area contributed by atoms with Crippen LogP contribution in [0.25, 0.3) is 6.08 Å². The first-order valence-electron chi connectivity index (χ1n) is 4.28. The number of nitrogens with two attached hydrogens (primary N) is 2. The summed E-state index contributed by atoms with van der Waals surface area (Å²) in [5.74, 6) is 4.76. The molecule has 1 aromatic rings. The van der Waals surface area contributed by atoms with Gasteiger partial charge in [0.2, 0.25) is 0 Å². The van der Waals surface area contributed by atoms with E-state index in [1.165, 1.54) is 12.1 Å². The normalized spacial score (nSPS) is 12.3. The molecule has 0 amide bonds. The molecular weight excluding hydrogens is 181 g/mol. The molecule has 3 nitrogen and oxygen atoms in total. The van der Waals surface area contributed by atoms with Crippen molar-refractivity contribution in [1.82, 2.24) is 0 Å². The second-order valence-electron chi connectivity index (χ2n) is 3.10. The maximum atomic E-state index is 13.4. The Balaban J connectivity index is 3.31. The highest BCUT2D eigenvalue weighted by Gasteiger charge is 2.09. The van der Waals surface area contributed by atoms with Gasteiger partial charge in [0, 0.05) is 11.6 Å². The SMILES string of the molecule is C=Cc1cc([C@@H](C)N)cc(F)c1NN. The van der Waals surface area contributed by atoms with Crippen LogP contribution in [-0.4, -0.2) is 0 Å². The van der Waals surface area contributed by atoms with Gasteiger partial charge in [0.05, 0.1) is 5.69 Å². The number of hydrogen-bond donors (Lipinski definition) is 3. The Hall–Kier alpha value is -1.39. The lowest BCUT2D eigenvalue weighted by atomic mass is 10.0. The molecule has 14 heavy (non-hydrogen) atoms. The third kappa shape index (κ3) is 1.92. The summed E-state index contributed by atoms with van der Waals surface area (Å²) < 4.78 is 13.4. The average Bonchev–Trinajstić information content (AvgIpc) is 2.16. The van der Waals surface area contributed by atoms with Crippen molar-refractivity contribution in [3.05, 3.63) is 35.7 Å². The zero-order valence-corrected chi connectivity index (χ0v) is 8.05. The average molecular weight is 195 g/mol. The standard InChI is InChI=1S/C10H14FN3/c1-3-7-4-8(6(2)12)5-9(11)10(7)14-13/h3-6,14H,1,12-13H2,2H3/t6-/m1/s1. The molecule has 4 heteroatoms. The number of nitrogen functional groups attached to an aromatic ring is 1. The van der Waals surface area contributed by atoms with Crippen LogP contribution in [0.3, 0.4) is 0 Å². The van der Waals surface area contributed by atoms with Gasteiger partial charge in [-0.15, -0.1) is 0 Å². The minimum absolute atomic E-state index is 0.213. The van der Waals surface area contributed by atoms with Crippen LogP contribution in [-0.2, 0) is 0 Å². The van der Waals surface area contributed by atoms with Gasteiger partial charge < -0.3 is 11.2 Å². The molecule has 0 aliphatic heterocycles. The lowest BCUT2D eigenvalue weighted by Crippen LogP contribution is -2.12. The second kappa shape index (κ2) is 4.21. The highest BCUT2D eigenvalue weighted by molar-refractivity contribution is 5.66. The van der Waals surface area contributed by atoms with E-state index in [4.69, 9.17) is 11.6 Å². The largest absolute Gasteiger partial charge is 0.324 e. The van der Waals surface area contributed by atoms with E-state index in [-0.39, 0.29) is 11.7 Å². The van der Waals surface area contributed by atoms with Crippen LogP contribution in [0.1, 0.15) is 24.1 Å². The van der Waals surface area contributed by atoms with Crippen LogP contribution in [0.2, 0.25) is 0 Å². The topological polar surface area (TPSA) is 64.1 Å². The van der Waals surface area contributed by atoms with Crippen molar-refractivity contribution in [3.63, 3.8) is 0 Å². The number of rotatable bonds is 3. The molecule has 0 heterocycles. The molecule has 0 unspecified atom stereocenters. The molecule has 1 aromatic carbocycles. The zero-order valence-electron chi connectivity index (χ0n) is 8.05. The maximum absolute atomic E-state index is 13.4. The summed E-state index contributed by atoms with van der Waals surface area (Å²) in [5, 5.41) is 0. The number of hydrogen-bond acceptors (Lipinski definition) is 3. The van der Waals surface area contributed by atoms with Crippen molar-refractivity contribution in [2.45, 2.75) is 13.0 Å². The van der Waals surface area contributed by atoms with Gasteiger partial charge in [-0.2, -0.15) is 0 Å². The van der Waals surface area contributed by atoms with Gasteiger partial charge in [-0.05, 0) is 24.6 Å². The van der Waals surface area contributed by atoms with Gasteiger partial charge in [-0.3, -0.25) is 5.84 Å². The van der Waals surface area contributed by atoms with E-state index in [1.54, 1.807) is 13.0 Å². The Labute approximate surface area is 82.6 Å². The number of anilines is 1. The molecule has 1 rings (SSSR count). The van der Waals surface area contributed by atoms with E-state index in [1.807, 2.05) is 0 Å². The Kier molecular flexibility index (Phi) is 3.22. The molecule has 0 saturated heterocycles. The molecular formula is C10H14FN3. The van der Waals surface area contributed by atoms with Crippen molar-refractivity contribution in [2.24, 2.45) is 11.6 Å². The number of hydrazine groups is 1. The van der Waals surface area contributed by atoms with Crippen LogP contribution in [0.15, 0.2) is 18.7 Å². The summed E-state index contributed by atoms with van der Waals surface area (Å²) in [5.41, 5.74) is 9.51. The Morgan fingerprint density at radius 3 is 2.64 bits per heavy atom. The molecule has 0 radical (unpaired) electrons. The van der Waals surface area contributed by atoms with Crippen LogP contribution in [0, 0.1) is 5.82 Å². The lowest BCUT2D eigenvalue weighted by molar-refractivity contribution is 0.625. The van der Waals surface area contributed by atoms with Gasteiger partial charge in [-0.1, -0.05) is 12.7 Å². The molecule has 0 aliphatic carbocycles. The minimum atomic E-state index is -0.419. The fourth-order valence-electron chi connectivity index (χ4n) is 1.23. The van der Waals surface area contributed by atoms with Crippen LogP contribution >= 0.6 is 0 Å². The number of nitrogens with one attached hydrogen (secondary N) is 1. The smallest absolute Gasteiger partial charge is 0.148 e. The Morgan fingerprint density at radius 1 is 1.57 bits per heavy atom. The Bertz CT molecular complexity index is 347. The predicted molar refractivity (Wildman–Crippen MR) is 56.9 cm³/mol. The van der Waals surface area contributed by atoms with Crippen molar-refractivity contribution in [2.75, 3.05) is 5.43 Å². The quantitative estimate of drug-likeness (QED) is 0.508. The molecule has 0 aliphatic rings. The third-order valence-electron chi connectivity index (χ3n) is 2.03. The van der Waals surface area contributed by atoms with Gasteiger partial charge in [0.1, 0.15) is 5.82 Å². The van der Waals surface area contributed by atoms with Gasteiger partial charge >= 0.3 is 0 Å². The summed E-state index contributed by atoms with van der Waals surface area (Å²) >= 11 is 0. The molecule has 0 saturated carbocycles. The van der Waals surface area contributed by atoms with Crippen molar-refractivity contribution in [1.29, 1.82) is 0 Å². The summed E-state index contributed by atoms with van der Waals surface area (Å²) in [6.45, 7) is 5.37. The van der Waals surface area contributed by atoms with E-state index < -0.39 is 5.82 Å². The first-order valence-corrected chi connectivity index (χ1v) is 4.28. The fraction of sp³-hybridized carbons (Fsp3) is 0.200. The first-order chi connectivity index (χ1) is 6.60.